The number of aromatic amines is 1. The second-order valence-electron chi connectivity index (χ2n) is 9.30. The zero-order valence-electron chi connectivity index (χ0n) is 18.4. The Kier molecular flexibility index (Phi) is 4.90. The van der Waals surface area contributed by atoms with Gasteiger partial charge in [0.25, 0.3) is 5.56 Å². The van der Waals surface area contributed by atoms with Crippen LogP contribution in [0.3, 0.4) is 0 Å². The Balaban J connectivity index is 1.36. The van der Waals surface area contributed by atoms with Crippen molar-refractivity contribution in [3.63, 3.8) is 0 Å². The number of aromatic nitrogens is 3. The van der Waals surface area contributed by atoms with Gasteiger partial charge in [-0.05, 0) is 69.4 Å². The second kappa shape index (κ2) is 7.50. The normalized spacial score (nSPS) is 25.9. The van der Waals surface area contributed by atoms with Crippen LogP contribution >= 0.6 is 0 Å². The summed E-state index contributed by atoms with van der Waals surface area (Å²) in [5.41, 5.74) is 3.34. The first-order chi connectivity index (χ1) is 14.8. The maximum atomic E-state index is 12.2. The smallest absolute Gasteiger partial charge is 0.266 e. The van der Waals surface area contributed by atoms with Crippen molar-refractivity contribution in [3.05, 3.63) is 57.6 Å². The van der Waals surface area contributed by atoms with E-state index >= 15 is 0 Å². The molecule has 0 radical (unpaired) electrons. The van der Waals surface area contributed by atoms with Gasteiger partial charge in [-0.15, -0.1) is 0 Å². The molecule has 31 heavy (non-hydrogen) atoms. The van der Waals surface area contributed by atoms with Crippen LogP contribution in [0.2, 0.25) is 0 Å². The molecule has 2 N–H and O–H groups in total. The van der Waals surface area contributed by atoms with Gasteiger partial charge in [0.05, 0.1) is 24.9 Å². The number of piperidine rings is 1. The Morgan fingerprint density at radius 1 is 1.19 bits per heavy atom. The molecular formula is C24H30N4O3. The Morgan fingerprint density at radius 3 is 2.65 bits per heavy atom. The van der Waals surface area contributed by atoms with Gasteiger partial charge in [0.2, 0.25) is 0 Å². The number of fused-ring (bicyclic) bond motifs is 3. The van der Waals surface area contributed by atoms with Crippen molar-refractivity contribution in [2.75, 3.05) is 7.11 Å². The molecule has 2 saturated heterocycles. The van der Waals surface area contributed by atoms with Gasteiger partial charge in [-0.25, -0.2) is 4.68 Å². The van der Waals surface area contributed by atoms with Crippen molar-refractivity contribution < 1.29 is 9.84 Å². The zero-order chi connectivity index (χ0) is 21.8. The summed E-state index contributed by atoms with van der Waals surface area (Å²) >= 11 is 0. The van der Waals surface area contributed by atoms with Crippen LogP contribution in [-0.4, -0.2) is 49.6 Å². The lowest BCUT2D eigenvalue weighted by atomic mass is 9.85. The van der Waals surface area contributed by atoms with Gasteiger partial charge in [-0.3, -0.25) is 9.69 Å². The molecule has 2 bridgehead atoms. The van der Waals surface area contributed by atoms with Crippen molar-refractivity contribution >= 4 is 10.9 Å². The molecule has 3 aromatic rings. The van der Waals surface area contributed by atoms with E-state index < -0.39 is 5.60 Å². The lowest BCUT2D eigenvalue weighted by Crippen LogP contribution is -2.53. The van der Waals surface area contributed by atoms with Crippen molar-refractivity contribution in [1.29, 1.82) is 0 Å². The minimum atomic E-state index is -0.893. The Hall–Kier alpha value is -2.64. The van der Waals surface area contributed by atoms with Crippen molar-refractivity contribution in [3.8, 4) is 5.75 Å². The highest BCUT2D eigenvalue weighted by molar-refractivity contribution is 5.85. The molecule has 2 aliphatic rings. The average molecular weight is 423 g/mol. The standard InChI is InChI=1S/C24H30N4O3/c1-15-4-9-23(29)28(26-15)14-24(30)11-17-5-6-18(12-24)27(17)13-22-16(2)20-10-19(31-3)7-8-21(20)25-22/h4,7-10,17-18,25,30H,5-6,11-14H2,1-3H3/t17-,18-/m0/s1. The summed E-state index contributed by atoms with van der Waals surface area (Å²) in [6.07, 6.45) is 3.49. The predicted molar refractivity (Wildman–Crippen MR) is 119 cm³/mol. The Morgan fingerprint density at radius 2 is 1.94 bits per heavy atom. The molecule has 7 heteroatoms. The fraction of sp³-hybridized carbons (Fsp3) is 0.500. The van der Waals surface area contributed by atoms with E-state index in [0.717, 1.165) is 36.3 Å². The first-order valence-corrected chi connectivity index (χ1v) is 11.0. The summed E-state index contributed by atoms with van der Waals surface area (Å²) in [5, 5.41) is 16.9. The molecule has 2 aromatic heterocycles. The summed E-state index contributed by atoms with van der Waals surface area (Å²) in [6.45, 7) is 5.13. The van der Waals surface area contributed by atoms with E-state index in [1.54, 1.807) is 13.2 Å². The van der Waals surface area contributed by atoms with E-state index in [4.69, 9.17) is 4.74 Å². The molecule has 0 saturated carbocycles. The van der Waals surface area contributed by atoms with Crippen molar-refractivity contribution in [2.24, 2.45) is 0 Å². The third-order valence-corrected chi connectivity index (χ3v) is 7.16. The molecule has 5 rings (SSSR count). The Bertz CT molecular complexity index is 1170. The highest BCUT2D eigenvalue weighted by atomic mass is 16.5. The van der Waals surface area contributed by atoms with Gasteiger partial charge < -0.3 is 14.8 Å². The number of aryl methyl sites for hydroxylation is 2. The van der Waals surface area contributed by atoms with Crippen LogP contribution in [0.4, 0.5) is 0 Å². The number of hydrogen-bond acceptors (Lipinski definition) is 5. The van der Waals surface area contributed by atoms with Gasteiger partial charge in [-0.2, -0.15) is 5.10 Å². The number of H-pyrrole nitrogens is 1. The van der Waals surface area contributed by atoms with Crippen LogP contribution in [0.15, 0.2) is 35.1 Å². The number of rotatable bonds is 5. The summed E-state index contributed by atoms with van der Waals surface area (Å²) in [7, 11) is 1.69. The fourth-order valence-electron chi connectivity index (χ4n) is 5.57. The number of methoxy groups -OCH3 is 1. The Labute approximate surface area is 181 Å². The third kappa shape index (κ3) is 3.66. The van der Waals surface area contributed by atoms with E-state index in [0.29, 0.717) is 24.9 Å². The quantitative estimate of drug-likeness (QED) is 0.661. The zero-order valence-corrected chi connectivity index (χ0v) is 18.4. The third-order valence-electron chi connectivity index (χ3n) is 7.16. The number of hydrogen-bond donors (Lipinski definition) is 2. The molecule has 0 aliphatic carbocycles. The van der Waals surface area contributed by atoms with Gasteiger partial charge in [0, 0.05) is 41.3 Å². The van der Waals surface area contributed by atoms with Crippen LogP contribution in [0.1, 0.15) is 42.6 Å². The second-order valence-corrected chi connectivity index (χ2v) is 9.30. The lowest BCUT2D eigenvalue weighted by Gasteiger charge is -2.43. The molecule has 0 amide bonds. The van der Waals surface area contributed by atoms with E-state index in [1.807, 2.05) is 13.0 Å². The largest absolute Gasteiger partial charge is 0.497 e. The van der Waals surface area contributed by atoms with E-state index in [9.17, 15) is 9.90 Å². The van der Waals surface area contributed by atoms with Gasteiger partial charge in [0.1, 0.15) is 5.75 Å². The predicted octanol–water partition coefficient (Wildman–Crippen LogP) is 2.91. The van der Waals surface area contributed by atoms with Gasteiger partial charge >= 0.3 is 0 Å². The number of ether oxygens (including phenoxy) is 1. The summed E-state index contributed by atoms with van der Waals surface area (Å²) in [4.78, 5) is 18.3. The van der Waals surface area contributed by atoms with Crippen LogP contribution in [-0.2, 0) is 13.1 Å². The van der Waals surface area contributed by atoms with Gasteiger partial charge in [0.15, 0.2) is 0 Å². The summed E-state index contributed by atoms with van der Waals surface area (Å²) < 4.78 is 6.82. The lowest BCUT2D eigenvalue weighted by molar-refractivity contribution is -0.0680. The molecule has 164 valence electrons. The molecule has 1 aromatic carbocycles. The van der Waals surface area contributed by atoms with Crippen LogP contribution in [0.5, 0.6) is 5.75 Å². The van der Waals surface area contributed by atoms with Crippen LogP contribution in [0, 0.1) is 13.8 Å². The minimum absolute atomic E-state index is 0.155. The highest BCUT2D eigenvalue weighted by Gasteiger charge is 2.48. The first-order valence-electron chi connectivity index (χ1n) is 11.0. The summed E-state index contributed by atoms with van der Waals surface area (Å²) in [6, 6.07) is 10.0. The van der Waals surface area contributed by atoms with E-state index in [2.05, 4.69) is 34.0 Å². The number of aliphatic hydroxyl groups is 1. The number of nitrogens with one attached hydrogen (secondary N) is 1. The highest BCUT2D eigenvalue weighted by Crippen LogP contribution is 2.42. The molecule has 4 heterocycles. The molecule has 2 aliphatic heterocycles. The van der Waals surface area contributed by atoms with E-state index in [1.165, 1.54) is 27.4 Å². The first kappa shape index (κ1) is 20.3. The SMILES string of the molecule is COc1ccc2[nH]c(CN3[C@H]4CC[C@H]3CC(O)(Cn3nc(C)ccc3=O)C4)c(C)c2c1. The number of benzene rings is 1. The minimum Gasteiger partial charge on any atom is -0.497 e. The topological polar surface area (TPSA) is 83.4 Å². The summed E-state index contributed by atoms with van der Waals surface area (Å²) in [5.74, 6) is 0.865. The van der Waals surface area contributed by atoms with Crippen LogP contribution < -0.4 is 10.3 Å². The maximum absolute atomic E-state index is 12.2. The monoisotopic (exact) mass is 422 g/mol. The molecular weight excluding hydrogens is 392 g/mol. The number of nitrogens with zero attached hydrogens (tertiary/aromatic N) is 3. The van der Waals surface area contributed by atoms with E-state index in [-0.39, 0.29) is 12.1 Å². The molecule has 0 spiro atoms. The molecule has 0 unspecified atom stereocenters. The molecule has 2 fully saturated rings. The van der Waals surface area contributed by atoms with Crippen molar-refractivity contribution in [1.82, 2.24) is 19.7 Å². The molecule has 2 atom stereocenters. The average Bonchev–Trinajstić information content (AvgIpc) is 3.18. The van der Waals surface area contributed by atoms with Crippen molar-refractivity contribution in [2.45, 2.75) is 70.3 Å². The fourth-order valence-corrected chi connectivity index (χ4v) is 5.57. The van der Waals surface area contributed by atoms with Gasteiger partial charge in [-0.1, -0.05) is 0 Å². The van der Waals surface area contributed by atoms with Crippen LogP contribution in [0.25, 0.3) is 10.9 Å². The molecule has 7 nitrogen and oxygen atoms in total. The maximum Gasteiger partial charge on any atom is 0.266 e.